The van der Waals surface area contributed by atoms with Gasteiger partial charge in [0.15, 0.2) is 0 Å². The molecule has 2 heterocycles. The summed E-state index contributed by atoms with van der Waals surface area (Å²) >= 11 is 0. The molecule has 130 valence electrons. The number of carbonyl (C=O) groups is 2. The van der Waals surface area contributed by atoms with Gasteiger partial charge >= 0.3 is 0 Å². The van der Waals surface area contributed by atoms with E-state index in [4.69, 9.17) is 5.73 Å². The van der Waals surface area contributed by atoms with Crippen molar-refractivity contribution in [1.82, 2.24) is 9.97 Å². The summed E-state index contributed by atoms with van der Waals surface area (Å²) < 4.78 is 0. The minimum Gasteiger partial charge on any atom is -0.366 e. The normalized spacial score (nSPS) is 14.2. The highest BCUT2D eigenvalue weighted by Gasteiger charge is 2.17. The van der Waals surface area contributed by atoms with Gasteiger partial charge in [0, 0.05) is 30.0 Å². The third-order valence-electron chi connectivity index (χ3n) is 4.12. The summed E-state index contributed by atoms with van der Waals surface area (Å²) in [5.74, 6) is -0.289. The van der Waals surface area contributed by atoms with Crippen molar-refractivity contribution in [3.63, 3.8) is 0 Å². The first-order valence-electron chi connectivity index (χ1n) is 8.35. The average molecular weight is 339 g/mol. The molecule has 0 spiro atoms. The molecule has 0 unspecified atom stereocenters. The second-order valence-electron chi connectivity index (χ2n) is 6.14. The van der Waals surface area contributed by atoms with Gasteiger partial charge in [-0.1, -0.05) is 6.07 Å². The largest absolute Gasteiger partial charge is 0.366 e. The van der Waals surface area contributed by atoms with Crippen LogP contribution in [0.25, 0.3) is 0 Å². The van der Waals surface area contributed by atoms with Crippen LogP contribution in [0.4, 0.5) is 11.6 Å². The van der Waals surface area contributed by atoms with Crippen LogP contribution in [-0.4, -0.2) is 34.9 Å². The van der Waals surface area contributed by atoms with Gasteiger partial charge in [-0.05, 0) is 50.5 Å². The van der Waals surface area contributed by atoms with Gasteiger partial charge in [0.25, 0.3) is 5.91 Å². The number of amides is 2. The zero-order valence-electron chi connectivity index (χ0n) is 14.2. The van der Waals surface area contributed by atoms with Gasteiger partial charge in [-0.2, -0.15) is 0 Å². The molecule has 7 heteroatoms. The van der Waals surface area contributed by atoms with E-state index in [0.717, 1.165) is 31.6 Å². The molecule has 1 aromatic carbocycles. The van der Waals surface area contributed by atoms with E-state index < -0.39 is 5.91 Å². The van der Waals surface area contributed by atoms with E-state index in [1.54, 1.807) is 30.3 Å². The Hall–Kier alpha value is -2.96. The van der Waals surface area contributed by atoms with Gasteiger partial charge in [0.1, 0.15) is 5.69 Å². The zero-order chi connectivity index (χ0) is 17.8. The Morgan fingerprint density at radius 1 is 1.12 bits per heavy atom. The first-order chi connectivity index (χ1) is 12.0. The topological polar surface area (TPSA) is 101 Å². The van der Waals surface area contributed by atoms with Crippen LogP contribution in [0.3, 0.4) is 0 Å². The summed E-state index contributed by atoms with van der Waals surface area (Å²) in [6.07, 6.45) is 3.43. The Balaban J connectivity index is 1.81. The van der Waals surface area contributed by atoms with Crippen LogP contribution in [0.2, 0.25) is 0 Å². The van der Waals surface area contributed by atoms with E-state index in [2.05, 4.69) is 20.2 Å². The lowest BCUT2D eigenvalue weighted by Gasteiger charge is -2.27. The number of nitrogens with two attached hydrogens (primary N) is 1. The van der Waals surface area contributed by atoms with E-state index in [1.807, 2.05) is 6.92 Å². The molecule has 0 aliphatic carbocycles. The lowest BCUT2D eigenvalue weighted by Crippen LogP contribution is -2.31. The maximum Gasteiger partial charge on any atom is 0.274 e. The molecule has 25 heavy (non-hydrogen) atoms. The fourth-order valence-corrected chi connectivity index (χ4v) is 2.85. The van der Waals surface area contributed by atoms with Crippen molar-refractivity contribution in [2.45, 2.75) is 26.2 Å². The van der Waals surface area contributed by atoms with Crippen molar-refractivity contribution in [3.05, 3.63) is 47.3 Å². The summed E-state index contributed by atoms with van der Waals surface area (Å²) in [6.45, 7) is 3.66. The van der Waals surface area contributed by atoms with E-state index in [1.165, 1.54) is 6.42 Å². The van der Waals surface area contributed by atoms with Crippen LogP contribution in [0.5, 0.6) is 0 Å². The maximum atomic E-state index is 12.5. The number of piperidine rings is 1. The Morgan fingerprint density at radius 3 is 2.60 bits per heavy atom. The molecule has 7 nitrogen and oxygen atoms in total. The van der Waals surface area contributed by atoms with Crippen molar-refractivity contribution in [3.8, 4) is 0 Å². The molecule has 2 amide bonds. The molecular formula is C18H21N5O2. The number of aromatic nitrogens is 2. The van der Waals surface area contributed by atoms with Crippen LogP contribution in [-0.2, 0) is 0 Å². The summed E-state index contributed by atoms with van der Waals surface area (Å²) in [6, 6.07) is 8.16. The van der Waals surface area contributed by atoms with Gasteiger partial charge in [0.05, 0.1) is 0 Å². The lowest BCUT2D eigenvalue weighted by atomic mass is 10.1. The SMILES string of the molecule is Cc1cc(C(=O)Nc2cccc(C(N)=O)c2)nc(N2CCCCC2)n1. The average Bonchev–Trinajstić information content (AvgIpc) is 2.62. The second kappa shape index (κ2) is 7.29. The summed E-state index contributed by atoms with van der Waals surface area (Å²) in [4.78, 5) is 34.8. The monoisotopic (exact) mass is 339 g/mol. The molecule has 3 N–H and O–H groups in total. The van der Waals surface area contributed by atoms with Crippen LogP contribution < -0.4 is 16.0 Å². The van der Waals surface area contributed by atoms with Gasteiger partial charge < -0.3 is 16.0 Å². The summed E-state index contributed by atoms with van der Waals surface area (Å²) in [5, 5.41) is 2.76. The minimum atomic E-state index is -0.540. The van der Waals surface area contributed by atoms with Crippen LogP contribution in [0.15, 0.2) is 30.3 Å². The van der Waals surface area contributed by atoms with E-state index >= 15 is 0 Å². The number of benzene rings is 1. The fourth-order valence-electron chi connectivity index (χ4n) is 2.85. The van der Waals surface area contributed by atoms with Gasteiger partial charge in [0.2, 0.25) is 11.9 Å². The standard InChI is InChI=1S/C18H21N5O2/c1-12-10-15(22-18(20-12)23-8-3-2-4-9-23)17(25)21-14-7-5-6-13(11-14)16(19)24/h5-7,10-11H,2-4,8-9H2,1H3,(H2,19,24)(H,21,25). The van der Waals surface area contributed by atoms with Crippen molar-refractivity contribution >= 4 is 23.5 Å². The molecule has 3 rings (SSSR count). The number of carbonyl (C=O) groups excluding carboxylic acids is 2. The molecule has 1 aliphatic heterocycles. The van der Waals surface area contributed by atoms with E-state index in [-0.39, 0.29) is 5.91 Å². The molecule has 1 fully saturated rings. The Kier molecular flexibility index (Phi) is 4.92. The fraction of sp³-hybridized carbons (Fsp3) is 0.333. The first kappa shape index (κ1) is 16.9. The molecule has 2 aromatic rings. The van der Waals surface area contributed by atoms with Crippen molar-refractivity contribution in [1.29, 1.82) is 0 Å². The molecule has 0 bridgehead atoms. The molecule has 1 aromatic heterocycles. The number of nitrogens with one attached hydrogen (secondary N) is 1. The summed E-state index contributed by atoms with van der Waals surface area (Å²) in [7, 11) is 0. The highest BCUT2D eigenvalue weighted by Crippen LogP contribution is 2.18. The first-order valence-corrected chi connectivity index (χ1v) is 8.35. The molecule has 1 saturated heterocycles. The van der Waals surface area contributed by atoms with Crippen LogP contribution >= 0.6 is 0 Å². The minimum absolute atomic E-state index is 0.303. The number of aryl methyl sites for hydroxylation is 1. The number of hydrogen-bond donors (Lipinski definition) is 2. The third kappa shape index (κ3) is 4.12. The molecule has 1 aliphatic rings. The van der Waals surface area contributed by atoms with Crippen molar-refractivity contribution in [2.75, 3.05) is 23.3 Å². The molecule has 0 radical (unpaired) electrons. The van der Waals surface area contributed by atoms with E-state index in [9.17, 15) is 9.59 Å². The molecule has 0 atom stereocenters. The second-order valence-corrected chi connectivity index (χ2v) is 6.14. The smallest absolute Gasteiger partial charge is 0.274 e. The van der Waals surface area contributed by atoms with Crippen molar-refractivity contribution in [2.24, 2.45) is 5.73 Å². The van der Waals surface area contributed by atoms with Gasteiger partial charge in [-0.25, -0.2) is 9.97 Å². The predicted octanol–water partition coefficient (Wildman–Crippen LogP) is 2.13. The number of rotatable bonds is 4. The Labute approximate surface area is 146 Å². The lowest BCUT2D eigenvalue weighted by molar-refractivity contribution is 0.0995. The predicted molar refractivity (Wildman–Crippen MR) is 95.7 cm³/mol. The Bertz CT molecular complexity index is 800. The number of hydrogen-bond acceptors (Lipinski definition) is 5. The maximum absolute atomic E-state index is 12.5. The van der Waals surface area contributed by atoms with Crippen LogP contribution in [0, 0.1) is 6.92 Å². The number of anilines is 2. The third-order valence-corrected chi connectivity index (χ3v) is 4.12. The van der Waals surface area contributed by atoms with Gasteiger partial charge in [-0.3, -0.25) is 9.59 Å². The zero-order valence-corrected chi connectivity index (χ0v) is 14.2. The quantitative estimate of drug-likeness (QED) is 0.888. The van der Waals surface area contributed by atoms with Crippen LogP contribution in [0.1, 0.15) is 45.8 Å². The van der Waals surface area contributed by atoms with E-state index in [0.29, 0.717) is 22.9 Å². The molecule has 0 saturated carbocycles. The van der Waals surface area contributed by atoms with Crippen molar-refractivity contribution < 1.29 is 9.59 Å². The number of nitrogens with zero attached hydrogens (tertiary/aromatic N) is 3. The Morgan fingerprint density at radius 2 is 1.88 bits per heavy atom. The molecular weight excluding hydrogens is 318 g/mol. The highest BCUT2D eigenvalue weighted by molar-refractivity contribution is 6.04. The highest BCUT2D eigenvalue weighted by atomic mass is 16.2. The number of primary amides is 1. The summed E-state index contributed by atoms with van der Waals surface area (Å²) in [5.41, 5.74) is 7.15. The van der Waals surface area contributed by atoms with Gasteiger partial charge in [-0.15, -0.1) is 0 Å².